The molecule has 140 valence electrons. The highest BCUT2D eigenvalue weighted by Gasteiger charge is 2.21. The quantitative estimate of drug-likeness (QED) is 0.614. The molecule has 1 heterocycles. The number of halogens is 2. The predicted octanol–water partition coefficient (Wildman–Crippen LogP) is 3.15. The van der Waals surface area contributed by atoms with Crippen LogP contribution in [-0.4, -0.2) is 53.1 Å². The van der Waals surface area contributed by atoms with Gasteiger partial charge in [-0.25, -0.2) is 0 Å². The van der Waals surface area contributed by atoms with Gasteiger partial charge in [0.2, 0.25) is 0 Å². The van der Waals surface area contributed by atoms with Crippen LogP contribution >= 0.6 is 27.5 Å². The zero-order valence-electron chi connectivity index (χ0n) is 14.8. The summed E-state index contributed by atoms with van der Waals surface area (Å²) < 4.78 is 0.381. The molecule has 0 bridgehead atoms. The highest BCUT2D eigenvalue weighted by atomic mass is 79.9. The molecule has 3 N–H and O–H groups in total. The lowest BCUT2D eigenvalue weighted by Crippen LogP contribution is -2.40. The zero-order chi connectivity index (χ0) is 19.3. The van der Waals surface area contributed by atoms with E-state index in [-0.39, 0.29) is 23.5 Å². The van der Waals surface area contributed by atoms with E-state index in [1.165, 1.54) is 0 Å². The van der Waals surface area contributed by atoms with E-state index in [2.05, 4.69) is 41.7 Å². The van der Waals surface area contributed by atoms with E-state index >= 15 is 0 Å². The minimum atomic E-state index is -0.410. The molecular weight excluding hydrogens is 422 g/mol. The van der Waals surface area contributed by atoms with E-state index in [1.54, 1.807) is 24.3 Å². The zero-order valence-corrected chi connectivity index (χ0v) is 17.1. The third-order valence-corrected chi connectivity index (χ3v) is 4.89. The van der Waals surface area contributed by atoms with Gasteiger partial charge >= 0.3 is 0 Å². The first-order chi connectivity index (χ1) is 12.3. The Bertz CT molecular complexity index is 795. The van der Waals surface area contributed by atoms with Crippen molar-refractivity contribution < 1.29 is 9.59 Å². The molecule has 7 nitrogen and oxygen atoms in total. The topological polar surface area (TPSA) is 90.1 Å². The van der Waals surface area contributed by atoms with E-state index < -0.39 is 5.91 Å². The number of carbonyl (C=O) groups excluding carboxylic acids is 2. The van der Waals surface area contributed by atoms with Crippen molar-refractivity contribution in [3.63, 3.8) is 0 Å². The smallest absolute Gasteiger partial charge is 0.270 e. The first kappa shape index (κ1) is 20.4. The van der Waals surface area contributed by atoms with E-state index in [4.69, 9.17) is 11.6 Å². The van der Waals surface area contributed by atoms with Crippen molar-refractivity contribution in [1.82, 2.24) is 20.4 Å². The molecule has 0 saturated heterocycles. The minimum Gasteiger partial charge on any atom is -0.347 e. The lowest BCUT2D eigenvalue weighted by molar-refractivity contribution is 0.0926. The molecule has 1 atom stereocenters. The summed E-state index contributed by atoms with van der Waals surface area (Å²) in [7, 11) is 1.98. The van der Waals surface area contributed by atoms with Crippen molar-refractivity contribution in [3.8, 4) is 0 Å². The molecule has 1 unspecified atom stereocenters. The second-order valence-electron chi connectivity index (χ2n) is 5.92. The summed E-state index contributed by atoms with van der Waals surface area (Å²) in [4.78, 5) is 26.8. The number of nitrogens with one attached hydrogen (secondary N) is 3. The van der Waals surface area contributed by atoms with Crippen LogP contribution in [0.25, 0.3) is 0 Å². The molecule has 0 spiro atoms. The number of nitrogens with zero attached hydrogens (tertiary/aromatic N) is 2. The maximum absolute atomic E-state index is 12.4. The first-order valence-corrected chi connectivity index (χ1v) is 9.29. The highest BCUT2D eigenvalue weighted by molar-refractivity contribution is 9.10. The van der Waals surface area contributed by atoms with Gasteiger partial charge in [0, 0.05) is 12.6 Å². The number of benzene rings is 1. The number of carbonyl (C=O) groups is 2. The van der Waals surface area contributed by atoms with Gasteiger partial charge in [0.25, 0.3) is 11.8 Å². The molecule has 26 heavy (non-hydrogen) atoms. The molecular formula is C17H21BrClN5O2. The Labute approximate surface area is 165 Å². The molecule has 0 saturated carbocycles. The fraction of sp³-hybridized carbons (Fsp3) is 0.353. The monoisotopic (exact) mass is 441 g/mol. The number of hydrogen-bond acceptors (Lipinski definition) is 4. The van der Waals surface area contributed by atoms with Crippen LogP contribution in [-0.2, 0) is 0 Å². The highest BCUT2D eigenvalue weighted by Crippen LogP contribution is 2.25. The Hall–Kier alpha value is -1.90. The van der Waals surface area contributed by atoms with Crippen LogP contribution in [0.15, 0.2) is 28.7 Å². The number of rotatable bonds is 7. The van der Waals surface area contributed by atoms with Gasteiger partial charge in [-0.1, -0.05) is 30.7 Å². The molecule has 2 aromatic rings. The van der Waals surface area contributed by atoms with Gasteiger partial charge in [0.1, 0.15) is 5.69 Å². The fourth-order valence-corrected chi connectivity index (χ4v) is 3.00. The molecule has 0 aliphatic heterocycles. The van der Waals surface area contributed by atoms with Gasteiger partial charge < -0.3 is 15.5 Å². The summed E-state index contributed by atoms with van der Waals surface area (Å²) in [5.41, 5.74) is 0.566. The summed E-state index contributed by atoms with van der Waals surface area (Å²) in [6.45, 7) is 5.60. The number of hydrogen-bond donors (Lipinski definition) is 3. The van der Waals surface area contributed by atoms with E-state index in [9.17, 15) is 9.59 Å². The second-order valence-corrected chi connectivity index (χ2v) is 7.12. The van der Waals surface area contributed by atoms with Gasteiger partial charge in [0.05, 0.1) is 15.1 Å². The average Bonchev–Trinajstić information content (AvgIpc) is 2.95. The molecule has 1 aromatic heterocycles. The van der Waals surface area contributed by atoms with Crippen LogP contribution in [0.5, 0.6) is 0 Å². The molecule has 0 aliphatic rings. The maximum atomic E-state index is 12.4. The molecule has 9 heteroatoms. The number of aromatic amines is 1. The van der Waals surface area contributed by atoms with Crippen LogP contribution < -0.4 is 10.6 Å². The van der Waals surface area contributed by atoms with Gasteiger partial charge in [-0.2, -0.15) is 5.10 Å². The normalized spacial score (nSPS) is 12.1. The number of anilines is 1. The van der Waals surface area contributed by atoms with Gasteiger partial charge in [-0.15, -0.1) is 0 Å². The van der Waals surface area contributed by atoms with Crippen molar-refractivity contribution in [2.75, 3.05) is 25.5 Å². The fourth-order valence-electron chi connectivity index (χ4n) is 2.32. The Morgan fingerprint density at radius 3 is 2.69 bits per heavy atom. The van der Waals surface area contributed by atoms with Crippen molar-refractivity contribution in [3.05, 3.63) is 45.0 Å². The molecule has 0 fully saturated rings. The molecule has 0 radical (unpaired) electrons. The number of amides is 2. The van der Waals surface area contributed by atoms with Crippen LogP contribution in [0, 0.1) is 0 Å². The van der Waals surface area contributed by atoms with Crippen molar-refractivity contribution in [1.29, 1.82) is 0 Å². The Kier molecular flexibility index (Phi) is 7.19. The number of likely N-dealkylation sites (N-methyl/N-ethyl adjacent to an activating group) is 1. The minimum absolute atomic E-state index is 0.0381. The number of aromatic nitrogens is 2. The lowest BCUT2D eigenvalue weighted by atomic mass is 10.2. The van der Waals surface area contributed by atoms with Crippen LogP contribution in [0.2, 0.25) is 5.02 Å². The summed E-state index contributed by atoms with van der Waals surface area (Å²) in [5.74, 6) is -0.495. The standard InChI is InChI=1S/C17H21BrClN5O2/c1-4-24(3)9-10(2)20-17(26)14-13(18)15(23-22-14)21-16(25)11-7-5-6-8-12(11)19/h5-8,10H,4,9H2,1-3H3,(H,20,26)(H2,21,22,23,25). The third kappa shape index (κ3) is 5.06. The van der Waals surface area contributed by atoms with Crippen LogP contribution in [0.3, 0.4) is 0 Å². The lowest BCUT2D eigenvalue weighted by Gasteiger charge is -2.20. The van der Waals surface area contributed by atoms with Gasteiger partial charge in [0.15, 0.2) is 5.82 Å². The largest absolute Gasteiger partial charge is 0.347 e. The van der Waals surface area contributed by atoms with Crippen molar-refractivity contribution in [2.24, 2.45) is 0 Å². The van der Waals surface area contributed by atoms with Crippen LogP contribution in [0.1, 0.15) is 34.7 Å². The first-order valence-electron chi connectivity index (χ1n) is 8.12. The van der Waals surface area contributed by atoms with E-state index in [0.29, 0.717) is 15.1 Å². The summed E-state index contributed by atoms with van der Waals surface area (Å²) in [5, 5.41) is 12.5. The van der Waals surface area contributed by atoms with E-state index in [0.717, 1.165) is 13.1 Å². The van der Waals surface area contributed by atoms with Crippen LogP contribution in [0.4, 0.5) is 5.82 Å². The molecule has 1 aromatic carbocycles. The SMILES string of the molecule is CCN(C)CC(C)NC(=O)c1[nH]nc(NC(=O)c2ccccc2Cl)c1Br. The Morgan fingerprint density at radius 2 is 2.04 bits per heavy atom. The molecule has 0 aliphatic carbocycles. The average molecular weight is 443 g/mol. The van der Waals surface area contributed by atoms with Gasteiger partial charge in [-0.3, -0.25) is 14.7 Å². The molecule has 2 rings (SSSR count). The predicted molar refractivity (Wildman–Crippen MR) is 106 cm³/mol. The van der Waals surface area contributed by atoms with Crippen molar-refractivity contribution in [2.45, 2.75) is 19.9 Å². The second kappa shape index (κ2) is 9.16. The van der Waals surface area contributed by atoms with Crippen molar-refractivity contribution >= 4 is 45.2 Å². The summed E-state index contributed by atoms with van der Waals surface area (Å²) in [6, 6.07) is 6.65. The Morgan fingerprint density at radius 1 is 1.35 bits per heavy atom. The summed E-state index contributed by atoms with van der Waals surface area (Å²) in [6.07, 6.45) is 0. The maximum Gasteiger partial charge on any atom is 0.270 e. The van der Waals surface area contributed by atoms with E-state index in [1.807, 2.05) is 20.9 Å². The Balaban J connectivity index is 2.06. The number of H-pyrrole nitrogens is 1. The summed E-state index contributed by atoms with van der Waals surface area (Å²) >= 11 is 9.34. The molecule has 2 amide bonds. The van der Waals surface area contributed by atoms with Gasteiger partial charge in [-0.05, 0) is 48.6 Å². The third-order valence-electron chi connectivity index (χ3n) is 3.79.